The highest BCUT2D eigenvalue weighted by Gasteiger charge is 2.32. The van der Waals surface area contributed by atoms with Gasteiger partial charge in [-0.15, -0.1) is 11.6 Å². The van der Waals surface area contributed by atoms with E-state index in [0.29, 0.717) is 12.3 Å². The molecule has 0 heterocycles. The molecule has 0 bridgehead atoms. The van der Waals surface area contributed by atoms with Crippen LogP contribution in [0.25, 0.3) is 6.08 Å². The van der Waals surface area contributed by atoms with Gasteiger partial charge in [0.05, 0.1) is 5.56 Å². The van der Waals surface area contributed by atoms with Gasteiger partial charge in [-0.05, 0) is 30.2 Å². The smallest absolute Gasteiger partial charge is 0.166 e. The van der Waals surface area contributed by atoms with Gasteiger partial charge < -0.3 is 0 Å². The zero-order chi connectivity index (χ0) is 12.2. The summed E-state index contributed by atoms with van der Waals surface area (Å²) in [5.74, 6) is 0.373. The molecule has 0 unspecified atom stereocenters. The van der Waals surface area contributed by atoms with Crippen LogP contribution >= 0.6 is 23.2 Å². The summed E-state index contributed by atoms with van der Waals surface area (Å²) in [6.45, 7) is 0. The highest BCUT2D eigenvalue weighted by atomic mass is 35.5. The van der Waals surface area contributed by atoms with Gasteiger partial charge in [-0.2, -0.15) is 13.2 Å². The second kappa shape index (κ2) is 5.60. The van der Waals surface area contributed by atoms with E-state index in [4.69, 9.17) is 23.2 Å². The van der Waals surface area contributed by atoms with E-state index >= 15 is 0 Å². The van der Waals surface area contributed by atoms with Crippen molar-refractivity contribution in [3.63, 3.8) is 0 Å². The number of allylic oxidation sites excluding steroid dienone is 1. The molecule has 16 heavy (non-hydrogen) atoms. The molecular weight excluding hydrogens is 260 g/mol. The fourth-order valence-electron chi connectivity index (χ4n) is 1.20. The quantitative estimate of drug-likeness (QED) is 0.677. The van der Waals surface area contributed by atoms with E-state index in [0.717, 1.165) is 6.07 Å². The third kappa shape index (κ3) is 3.72. The summed E-state index contributed by atoms with van der Waals surface area (Å²) in [5, 5.41) is 0.276. The summed E-state index contributed by atoms with van der Waals surface area (Å²) in [7, 11) is 0. The standard InChI is InChI=1S/C11H9Cl2F3/c12-6-2-1-3-8-7-9(13)4-5-10(8)11(14,15)16/h1,3-5,7H,2,6H2. The van der Waals surface area contributed by atoms with Crippen molar-refractivity contribution in [3.05, 3.63) is 40.4 Å². The Morgan fingerprint density at radius 3 is 2.50 bits per heavy atom. The van der Waals surface area contributed by atoms with Gasteiger partial charge in [-0.3, -0.25) is 0 Å². The number of hydrogen-bond acceptors (Lipinski definition) is 0. The van der Waals surface area contributed by atoms with Crippen LogP contribution in [0.15, 0.2) is 24.3 Å². The molecule has 0 nitrogen and oxygen atoms in total. The van der Waals surface area contributed by atoms with Crippen LogP contribution in [0.2, 0.25) is 5.02 Å². The average Bonchev–Trinajstić information content (AvgIpc) is 2.16. The first-order valence-corrected chi connectivity index (χ1v) is 5.45. The Morgan fingerprint density at radius 2 is 1.94 bits per heavy atom. The van der Waals surface area contributed by atoms with Gasteiger partial charge in [0.1, 0.15) is 0 Å². The van der Waals surface area contributed by atoms with Gasteiger partial charge in [-0.1, -0.05) is 23.8 Å². The molecule has 0 radical (unpaired) electrons. The van der Waals surface area contributed by atoms with Crippen molar-refractivity contribution in [2.24, 2.45) is 0 Å². The molecule has 1 aromatic carbocycles. The van der Waals surface area contributed by atoms with Crippen molar-refractivity contribution in [2.45, 2.75) is 12.6 Å². The Bertz CT molecular complexity index is 383. The second-order valence-electron chi connectivity index (χ2n) is 3.11. The van der Waals surface area contributed by atoms with Crippen LogP contribution in [-0.4, -0.2) is 5.88 Å². The van der Waals surface area contributed by atoms with Crippen LogP contribution in [0, 0.1) is 0 Å². The maximum absolute atomic E-state index is 12.6. The predicted molar refractivity (Wildman–Crippen MR) is 60.8 cm³/mol. The van der Waals surface area contributed by atoms with Crippen LogP contribution in [-0.2, 0) is 6.18 Å². The maximum Gasteiger partial charge on any atom is 0.416 e. The molecule has 0 amide bonds. The van der Waals surface area contributed by atoms with Gasteiger partial charge in [0.2, 0.25) is 0 Å². The summed E-state index contributed by atoms with van der Waals surface area (Å²) < 4.78 is 37.8. The van der Waals surface area contributed by atoms with Crippen molar-refractivity contribution in [2.75, 3.05) is 5.88 Å². The van der Waals surface area contributed by atoms with Crippen molar-refractivity contribution in [1.82, 2.24) is 0 Å². The minimum Gasteiger partial charge on any atom is -0.166 e. The van der Waals surface area contributed by atoms with E-state index in [1.165, 1.54) is 18.2 Å². The van der Waals surface area contributed by atoms with Crippen LogP contribution in [0.4, 0.5) is 13.2 Å². The summed E-state index contributed by atoms with van der Waals surface area (Å²) >= 11 is 11.1. The second-order valence-corrected chi connectivity index (χ2v) is 3.92. The molecule has 0 aliphatic heterocycles. The normalized spacial score (nSPS) is 12.3. The molecule has 0 atom stereocenters. The first kappa shape index (κ1) is 13.4. The number of hydrogen-bond donors (Lipinski definition) is 0. The third-order valence-electron chi connectivity index (χ3n) is 1.89. The minimum absolute atomic E-state index is 0.0603. The SMILES string of the molecule is FC(F)(F)c1ccc(Cl)cc1C=CCCCl. The maximum atomic E-state index is 12.6. The molecule has 1 aromatic rings. The summed E-state index contributed by atoms with van der Waals surface area (Å²) in [4.78, 5) is 0. The van der Waals surface area contributed by atoms with Crippen LogP contribution in [0.1, 0.15) is 17.5 Å². The topological polar surface area (TPSA) is 0 Å². The zero-order valence-corrected chi connectivity index (χ0v) is 9.70. The van der Waals surface area contributed by atoms with Gasteiger partial charge in [-0.25, -0.2) is 0 Å². The van der Waals surface area contributed by atoms with Crippen LogP contribution in [0.3, 0.4) is 0 Å². The molecule has 0 spiro atoms. The van der Waals surface area contributed by atoms with E-state index in [2.05, 4.69) is 0 Å². The monoisotopic (exact) mass is 268 g/mol. The Hall–Kier alpha value is -0.670. The van der Waals surface area contributed by atoms with Crippen molar-refractivity contribution in [3.8, 4) is 0 Å². The van der Waals surface area contributed by atoms with Crippen molar-refractivity contribution >= 4 is 29.3 Å². The highest BCUT2D eigenvalue weighted by Crippen LogP contribution is 2.33. The summed E-state index contributed by atoms with van der Waals surface area (Å²) in [6, 6.07) is 3.49. The Labute approximate surface area is 102 Å². The molecule has 1 rings (SSSR count). The lowest BCUT2D eigenvalue weighted by Gasteiger charge is -2.10. The van der Waals surface area contributed by atoms with Gasteiger partial charge in [0, 0.05) is 10.9 Å². The zero-order valence-electron chi connectivity index (χ0n) is 8.19. The van der Waals surface area contributed by atoms with E-state index in [-0.39, 0.29) is 10.6 Å². The molecule has 0 aliphatic rings. The number of halogens is 5. The molecular formula is C11H9Cl2F3. The van der Waals surface area contributed by atoms with E-state index in [1.807, 2.05) is 0 Å². The third-order valence-corrected chi connectivity index (χ3v) is 2.35. The largest absolute Gasteiger partial charge is 0.416 e. The van der Waals surface area contributed by atoms with Crippen LogP contribution in [0.5, 0.6) is 0 Å². The molecule has 0 fully saturated rings. The lowest BCUT2D eigenvalue weighted by atomic mass is 10.1. The van der Waals surface area contributed by atoms with E-state index in [1.54, 1.807) is 6.08 Å². The number of benzene rings is 1. The fraction of sp³-hybridized carbons (Fsp3) is 0.273. The average molecular weight is 269 g/mol. The Morgan fingerprint density at radius 1 is 1.25 bits per heavy atom. The molecule has 88 valence electrons. The van der Waals surface area contributed by atoms with Gasteiger partial charge in [0.15, 0.2) is 0 Å². The van der Waals surface area contributed by atoms with Crippen molar-refractivity contribution < 1.29 is 13.2 Å². The molecule has 0 saturated heterocycles. The number of alkyl halides is 4. The lowest BCUT2D eigenvalue weighted by molar-refractivity contribution is -0.137. The van der Waals surface area contributed by atoms with Crippen LogP contribution < -0.4 is 0 Å². The highest BCUT2D eigenvalue weighted by molar-refractivity contribution is 6.30. The fourth-order valence-corrected chi connectivity index (χ4v) is 1.51. The lowest BCUT2D eigenvalue weighted by Crippen LogP contribution is -2.07. The molecule has 0 aliphatic carbocycles. The summed E-state index contributed by atoms with van der Waals surface area (Å²) in [6.07, 6.45) is -0.873. The Kier molecular flexibility index (Phi) is 4.69. The van der Waals surface area contributed by atoms with Gasteiger partial charge in [0.25, 0.3) is 0 Å². The molecule has 5 heteroatoms. The Balaban J connectivity index is 3.09. The predicted octanol–water partition coefficient (Wildman–Crippen LogP) is 5.00. The number of rotatable bonds is 3. The first-order valence-electron chi connectivity index (χ1n) is 4.54. The molecule has 0 saturated carbocycles. The summed E-state index contributed by atoms with van der Waals surface area (Å²) in [5.41, 5.74) is -0.632. The minimum atomic E-state index is -4.37. The van der Waals surface area contributed by atoms with E-state index < -0.39 is 11.7 Å². The van der Waals surface area contributed by atoms with Crippen molar-refractivity contribution in [1.29, 1.82) is 0 Å². The van der Waals surface area contributed by atoms with E-state index in [9.17, 15) is 13.2 Å². The first-order chi connectivity index (χ1) is 7.45. The molecule has 0 aromatic heterocycles. The molecule has 0 N–H and O–H groups in total. The van der Waals surface area contributed by atoms with Gasteiger partial charge >= 0.3 is 6.18 Å².